The molecule has 138 valence electrons. The third-order valence-electron chi connectivity index (χ3n) is 4.00. The van der Waals surface area contributed by atoms with Crippen LogP contribution in [0.25, 0.3) is 0 Å². The largest absolute Gasteiger partial charge is 0.497 e. The first-order valence-corrected chi connectivity index (χ1v) is 8.36. The van der Waals surface area contributed by atoms with Crippen LogP contribution in [0.5, 0.6) is 11.5 Å². The number of amides is 2. The van der Waals surface area contributed by atoms with Gasteiger partial charge in [-0.05, 0) is 48.7 Å². The second kappa shape index (κ2) is 9.46. The molecule has 0 radical (unpaired) electrons. The standard InChI is InChI=1S/C20H24N2O4/c1-14-6-4-5-7-17(14)20(24)22-13-19(23)21-11-10-15-12-16(25-2)8-9-18(15)26-3/h4-9,12H,10-11,13H2,1-3H3,(H,21,23)(H,22,24). The van der Waals surface area contributed by atoms with E-state index in [4.69, 9.17) is 9.47 Å². The molecule has 2 N–H and O–H groups in total. The van der Waals surface area contributed by atoms with E-state index >= 15 is 0 Å². The van der Waals surface area contributed by atoms with Crippen LogP contribution in [-0.2, 0) is 11.2 Å². The molecule has 2 rings (SSSR count). The van der Waals surface area contributed by atoms with Crippen LogP contribution in [0.1, 0.15) is 21.5 Å². The van der Waals surface area contributed by atoms with Gasteiger partial charge in [-0.1, -0.05) is 18.2 Å². The minimum Gasteiger partial charge on any atom is -0.497 e. The number of hydrogen-bond donors (Lipinski definition) is 2. The first kappa shape index (κ1) is 19.3. The van der Waals surface area contributed by atoms with Gasteiger partial charge in [0.15, 0.2) is 0 Å². The average molecular weight is 356 g/mol. The summed E-state index contributed by atoms with van der Waals surface area (Å²) in [4.78, 5) is 24.0. The third kappa shape index (κ3) is 5.24. The van der Waals surface area contributed by atoms with Crippen LogP contribution in [0.2, 0.25) is 0 Å². The maximum Gasteiger partial charge on any atom is 0.251 e. The molecule has 0 aromatic heterocycles. The van der Waals surface area contributed by atoms with Crippen molar-refractivity contribution >= 4 is 11.8 Å². The van der Waals surface area contributed by atoms with E-state index in [1.54, 1.807) is 26.4 Å². The number of carbonyl (C=O) groups is 2. The Balaban J connectivity index is 1.81. The quantitative estimate of drug-likeness (QED) is 0.759. The van der Waals surface area contributed by atoms with Crippen LogP contribution in [0.3, 0.4) is 0 Å². The lowest BCUT2D eigenvalue weighted by atomic mass is 10.1. The van der Waals surface area contributed by atoms with Crippen molar-refractivity contribution in [1.82, 2.24) is 10.6 Å². The molecule has 2 amide bonds. The number of ether oxygens (including phenoxy) is 2. The van der Waals surface area contributed by atoms with E-state index in [9.17, 15) is 9.59 Å². The van der Waals surface area contributed by atoms with E-state index in [2.05, 4.69) is 10.6 Å². The minimum atomic E-state index is -0.257. The highest BCUT2D eigenvalue weighted by Gasteiger charge is 2.10. The molecule has 0 aliphatic heterocycles. The number of aryl methyl sites for hydroxylation is 1. The van der Waals surface area contributed by atoms with E-state index in [0.29, 0.717) is 18.5 Å². The van der Waals surface area contributed by atoms with Gasteiger partial charge in [0.2, 0.25) is 5.91 Å². The Morgan fingerprint density at radius 1 is 1.00 bits per heavy atom. The van der Waals surface area contributed by atoms with Crippen molar-refractivity contribution in [2.24, 2.45) is 0 Å². The maximum atomic E-state index is 12.1. The Kier molecular flexibility index (Phi) is 7.02. The molecule has 0 saturated heterocycles. The molecule has 6 heteroatoms. The van der Waals surface area contributed by atoms with Crippen molar-refractivity contribution in [3.8, 4) is 11.5 Å². The smallest absolute Gasteiger partial charge is 0.251 e. The van der Waals surface area contributed by atoms with Gasteiger partial charge in [0, 0.05) is 12.1 Å². The Morgan fingerprint density at radius 3 is 2.46 bits per heavy atom. The fourth-order valence-electron chi connectivity index (χ4n) is 2.56. The molecular weight excluding hydrogens is 332 g/mol. The molecule has 0 aliphatic carbocycles. The number of benzene rings is 2. The van der Waals surface area contributed by atoms with E-state index in [-0.39, 0.29) is 18.4 Å². The van der Waals surface area contributed by atoms with E-state index in [1.807, 2.05) is 37.3 Å². The van der Waals surface area contributed by atoms with Gasteiger partial charge in [-0.25, -0.2) is 0 Å². The van der Waals surface area contributed by atoms with Crippen LogP contribution in [0, 0.1) is 6.92 Å². The molecule has 2 aromatic carbocycles. The van der Waals surface area contributed by atoms with Crippen molar-refractivity contribution in [2.75, 3.05) is 27.3 Å². The summed E-state index contributed by atoms with van der Waals surface area (Å²) < 4.78 is 10.5. The summed E-state index contributed by atoms with van der Waals surface area (Å²) in [5.74, 6) is 0.979. The van der Waals surface area contributed by atoms with Gasteiger partial charge >= 0.3 is 0 Å². The highest BCUT2D eigenvalue weighted by atomic mass is 16.5. The normalized spacial score (nSPS) is 10.1. The molecule has 0 fully saturated rings. The van der Waals surface area contributed by atoms with Crippen LogP contribution in [0.15, 0.2) is 42.5 Å². The number of rotatable bonds is 8. The van der Waals surface area contributed by atoms with Crippen molar-refractivity contribution in [3.05, 3.63) is 59.2 Å². The second-order valence-corrected chi connectivity index (χ2v) is 5.78. The van der Waals surface area contributed by atoms with Crippen molar-refractivity contribution < 1.29 is 19.1 Å². The highest BCUT2D eigenvalue weighted by Crippen LogP contribution is 2.24. The van der Waals surface area contributed by atoms with Crippen molar-refractivity contribution in [3.63, 3.8) is 0 Å². The third-order valence-corrected chi connectivity index (χ3v) is 4.00. The molecule has 0 unspecified atom stereocenters. The number of methoxy groups -OCH3 is 2. The highest BCUT2D eigenvalue weighted by molar-refractivity contribution is 5.97. The zero-order valence-corrected chi connectivity index (χ0v) is 15.3. The first-order chi connectivity index (χ1) is 12.5. The zero-order valence-electron chi connectivity index (χ0n) is 15.3. The minimum absolute atomic E-state index is 0.0671. The second-order valence-electron chi connectivity index (χ2n) is 5.78. The molecule has 0 spiro atoms. The molecule has 6 nitrogen and oxygen atoms in total. The van der Waals surface area contributed by atoms with Gasteiger partial charge in [-0.3, -0.25) is 9.59 Å². The van der Waals surface area contributed by atoms with Gasteiger partial charge in [0.05, 0.1) is 20.8 Å². The summed E-state index contributed by atoms with van der Waals surface area (Å²) in [6, 6.07) is 12.8. The van der Waals surface area contributed by atoms with E-state index < -0.39 is 0 Å². The summed E-state index contributed by atoms with van der Waals surface area (Å²) in [7, 11) is 3.20. The fraction of sp³-hybridized carbons (Fsp3) is 0.300. The maximum absolute atomic E-state index is 12.1. The van der Waals surface area contributed by atoms with Crippen LogP contribution in [-0.4, -0.2) is 39.1 Å². The molecule has 0 bridgehead atoms. The Labute approximate surface area is 153 Å². The lowest BCUT2D eigenvalue weighted by Gasteiger charge is -2.11. The van der Waals surface area contributed by atoms with Crippen LogP contribution in [0.4, 0.5) is 0 Å². The molecular formula is C20H24N2O4. The molecule has 26 heavy (non-hydrogen) atoms. The van der Waals surface area contributed by atoms with Crippen molar-refractivity contribution in [2.45, 2.75) is 13.3 Å². The van der Waals surface area contributed by atoms with E-state index in [1.165, 1.54) is 0 Å². The monoisotopic (exact) mass is 356 g/mol. The van der Waals surface area contributed by atoms with Gasteiger partial charge in [-0.15, -0.1) is 0 Å². The topological polar surface area (TPSA) is 76.7 Å². The lowest BCUT2D eigenvalue weighted by Crippen LogP contribution is -2.37. The predicted octanol–water partition coefficient (Wildman–Crippen LogP) is 2.10. The summed E-state index contributed by atoms with van der Waals surface area (Å²) in [5, 5.41) is 5.42. The Morgan fingerprint density at radius 2 is 1.77 bits per heavy atom. The van der Waals surface area contributed by atoms with E-state index in [0.717, 1.165) is 22.6 Å². The number of hydrogen-bond acceptors (Lipinski definition) is 4. The Hall–Kier alpha value is -3.02. The Bertz CT molecular complexity index is 774. The molecule has 0 heterocycles. The zero-order chi connectivity index (χ0) is 18.9. The molecule has 0 saturated carbocycles. The van der Waals surface area contributed by atoms with Crippen LogP contribution < -0.4 is 20.1 Å². The molecule has 0 atom stereocenters. The fourth-order valence-corrected chi connectivity index (χ4v) is 2.56. The number of carbonyl (C=O) groups excluding carboxylic acids is 2. The summed E-state index contributed by atoms with van der Waals surface area (Å²) in [6.45, 7) is 2.22. The summed E-state index contributed by atoms with van der Waals surface area (Å²) in [5.41, 5.74) is 2.38. The predicted molar refractivity (Wildman–Crippen MR) is 99.8 cm³/mol. The number of nitrogens with one attached hydrogen (secondary N) is 2. The average Bonchev–Trinajstić information content (AvgIpc) is 2.66. The lowest BCUT2D eigenvalue weighted by molar-refractivity contribution is -0.120. The van der Waals surface area contributed by atoms with Crippen molar-refractivity contribution in [1.29, 1.82) is 0 Å². The van der Waals surface area contributed by atoms with Crippen LogP contribution >= 0.6 is 0 Å². The van der Waals surface area contributed by atoms with Gasteiger partial charge in [-0.2, -0.15) is 0 Å². The summed E-state index contributed by atoms with van der Waals surface area (Å²) in [6.07, 6.45) is 0.595. The molecule has 2 aromatic rings. The van der Waals surface area contributed by atoms with Gasteiger partial charge in [0.25, 0.3) is 5.91 Å². The van der Waals surface area contributed by atoms with Gasteiger partial charge < -0.3 is 20.1 Å². The van der Waals surface area contributed by atoms with Gasteiger partial charge in [0.1, 0.15) is 11.5 Å². The summed E-state index contributed by atoms with van der Waals surface area (Å²) >= 11 is 0. The first-order valence-electron chi connectivity index (χ1n) is 8.36. The molecule has 0 aliphatic rings. The SMILES string of the molecule is COc1ccc(OC)c(CCNC(=O)CNC(=O)c2ccccc2C)c1.